The third-order valence-electron chi connectivity index (χ3n) is 5.25. The molecule has 26 heavy (non-hydrogen) atoms. The van der Waals surface area contributed by atoms with Gasteiger partial charge in [-0.1, -0.05) is 26.7 Å². The second-order valence-corrected chi connectivity index (χ2v) is 7.75. The number of H-pyrrole nitrogens is 1. The summed E-state index contributed by atoms with van der Waals surface area (Å²) in [5.41, 5.74) is 0.683. The first-order valence-electron chi connectivity index (χ1n) is 9.41. The predicted molar refractivity (Wildman–Crippen MR) is 99.0 cm³/mol. The summed E-state index contributed by atoms with van der Waals surface area (Å²) >= 11 is 0. The number of carbonyl (C=O) groups excluding carboxylic acids is 1. The van der Waals surface area contributed by atoms with Crippen molar-refractivity contribution in [1.29, 1.82) is 0 Å². The summed E-state index contributed by atoms with van der Waals surface area (Å²) in [6.45, 7) is 5.36. The van der Waals surface area contributed by atoms with Crippen molar-refractivity contribution in [2.24, 2.45) is 0 Å². The number of rotatable bonds is 7. The zero-order valence-electron chi connectivity index (χ0n) is 15.9. The number of hydrogen-bond acceptors (Lipinski definition) is 4. The van der Waals surface area contributed by atoms with E-state index in [1.54, 1.807) is 24.2 Å². The molecular weight excluding hydrogens is 330 g/mol. The average Bonchev–Trinajstić information content (AvgIpc) is 3.34. The molecule has 7 nitrogen and oxygen atoms in total. The number of carbonyl (C=O) groups is 1. The maximum Gasteiger partial charge on any atom is 0.274 e. The van der Waals surface area contributed by atoms with Crippen molar-refractivity contribution in [3.05, 3.63) is 35.7 Å². The van der Waals surface area contributed by atoms with E-state index in [1.807, 2.05) is 6.20 Å². The van der Waals surface area contributed by atoms with Gasteiger partial charge in [0, 0.05) is 31.9 Å². The Labute approximate surface area is 154 Å². The highest BCUT2D eigenvalue weighted by atomic mass is 16.3. The summed E-state index contributed by atoms with van der Waals surface area (Å²) in [6.07, 6.45) is 8.17. The number of hydrogen-bond donors (Lipinski definition) is 2. The number of imidazole rings is 1. The monoisotopic (exact) mass is 359 g/mol. The van der Waals surface area contributed by atoms with Gasteiger partial charge in [-0.2, -0.15) is 5.10 Å². The lowest BCUT2D eigenvalue weighted by Gasteiger charge is -2.25. The third-order valence-corrected chi connectivity index (χ3v) is 5.25. The Hall–Kier alpha value is -2.15. The second-order valence-electron chi connectivity index (χ2n) is 7.75. The number of nitrogens with one attached hydrogen (secondary N) is 1. The van der Waals surface area contributed by atoms with E-state index in [4.69, 9.17) is 0 Å². The fourth-order valence-electron chi connectivity index (χ4n) is 3.65. The molecule has 3 rings (SSSR count). The SMILES string of the molecule is CC(C)c1nccn1Cc1cc(C(=O)N(C)CCC2(O)CCCC2)n[nH]1. The van der Waals surface area contributed by atoms with Crippen molar-refractivity contribution in [3.63, 3.8) is 0 Å². The summed E-state index contributed by atoms with van der Waals surface area (Å²) in [4.78, 5) is 18.6. The molecule has 0 radical (unpaired) electrons. The van der Waals surface area contributed by atoms with Crippen LogP contribution in [0.3, 0.4) is 0 Å². The van der Waals surface area contributed by atoms with Gasteiger partial charge in [0.05, 0.1) is 17.8 Å². The molecule has 2 aromatic heterocycles. The number of aliphatic hydroxyl groups is 1. The fraction of sp³-hybridized carbons (Fsp3) is 0.632. The molecule has 0 spiro atoms. The normalized spacial score (nSPS) is 16.3. The minimum absolute atomic E-state index is 0.121. The van der Waals surface area contributed by atoms with Gasteiger partial charge in [0.25, 0.3) is 5.91 Å². The molecule has 0 saturated heterocycles. The standard InChI is InChI=1S/C19H29N5O2/c1-14(2)17-20-9-11-24(17)13-15-12-16(22-21-15)18(25)23(3)10-8-19(26)6-4-5-7-19/h9,11-12,14,26H,4-8,10,13H2,1-3H3,(H,21,22). The molecule has 142 valence electrons. The molecule has 0 atom stereocenters. The zero-order valence-corrected chi connectivity index (χ0v) is 15.9. The van der Waals surface area contributed by atoms with Gasteiger partial charge >= 0.3 is 0 Å². The molecule has 0 aromatic carbocycles. The smallest absolute Gasteiger partial charge is 0.274 e. The van der Waals surface area contributed by atoms with Crippen molar-refractivity contribution in [2.45, 2.75) is 64.0 Å². The molecular formula is C19H29N5O2. The van der Waals surface area contributed by atoms with Gasteiger partial charge in [-0.05, 0) is 25.3 Å². The van der Waals surface area contributed by atoms with Crippen molar-refractivity contribution in [3.8, 4) is 0 Å². The maximum atomic E-state index is 12.6. The van der Waals surface area contributed by atoms with Crippen molar-refractivity contribution < 1.29 is 9.90 Å². The predicted octanol–water partition coefficient (Wildman–Crippen LogP) is 2.55. The van der Waals surface area contributed by atoms with E-state index < -0.39 is 5.60 Å². The van der Waals surface area contributed by atoms with E-state index in [0.29, 0.717) is 31.1 Å². The summed E-state index contributed by atoms with van der Waals surface area (Å²) in [5.74, 6) is 1.22. The van der Waals surface area contributed by atoms with Crippen LogP contribution in [-0.2, 0) is 6.54 Å². The molecule has 2 N–H and O–H groups in total. The van der Waals surface area contributed by atoms with E-state index in [2.05, 4.69) is 33.6 Å². The van der Waals surface area contributed by atoms with Crippen LogP contribution in [0.4, 0.5) is 0 Å². The molecule has 2 aromatic rings. The molecule has 1 aliphatic carbocycles. The van der Waals surface area contributed by atoms with E-state index in [1.165, 1.54) is 0 Å². The van der Waals surface area contributed by atoms with Gasteiger partial charge in [0.15, 0.2) is 0 Å². The van der Waals surface area contributed by atoms with Crippen LogP contribution in [0.2, 0.25) is 0 Å². The van der Waals surface area contributed by atoms with Crippen LogP contribution >= 0.6 is 0 Å². The number of aromatic amines is 1. The minimum atomic E-state index is -0.597. The van der Waals surface area contributed by atoms with Gasteiger partial charge < -0.3 is 14.6 Å². The third kappa shape index (κ3) is 4.15. The van der Waals surface area contributed by atoms with E-state index >= 15 is 0 Å². The van der Waals surface area contributed by atoms with E-state index in [-0.39, 0.29) is 5.91 Å². The second kappa shape index (κ2) is 7.61. The lowest BCUT2D eigenvalue weighted by Crippen LogP contribution is -2.34. The van der Waals surface area contributed by atoms with Crippen LogP contribution in [-0.4, -0.2) is 54.9 Å². The molecule has 1 saturated carbocycles. The number of aromatic nitrogens is 4. The van der Waals surface area contributed by atoms with Crippen molar-refractivity contribution >= 4 is 5.91 Å². The first-order valence-corrected chi connectivity index (χ1v) is 9.41. The first kappa shape index (κ1) is 18.6. The summed E-state index contributed by atoms with van der Waals surface area (Å²) < 4.78 is 2.06. The van der Waals surface area contributed by atoms with Gasteiger partial charge in [-0.25, -0.2) is 4.98 Å². The zero-order chi connectivity index (χ0) is 18.7. The van der Waals surface area contributed by atoms with Gasteiger partial charge in [0.1, 0.15) is 11.5 Å². The molecule has 2 heterocycles. The van der Waals surface area contributed by atoms with Crippen molar-refractivity contribution in [2.75, 3.05) is 13.6 Å². The summed E-state index contributed by atoms with van der Waals surface area (Å²) in [6, 6.07) is 1.80. The average molecular weight is 359 g/mol. The Balaban J connectivity index is 1.59. The van der Waals surface area contributed by atoms with Crippen LogP contribution in [0, 0.1) is 0 Å². The molecule has 0 bridgehead atoms. The molecule has 1 aliphatic rings. The topological polar surface area (TPSA) is 87.0 Å². The highest BCUT2D eigenvalue weighted by Crippen LogP contribution is 2.32. The lowest BCUT2D eigenvalue weighted by molar-refractivity contribution is 0.0295. The van der Waals surface area contributed by atoms with Crippen LogP contribution in [0.15, 0.2) is 18.5 Å². The number of nitrogens with zero attached hydrogens (tertiary/aromatic N) is 4. The van der Waals surface area contributed by atoms with Gasteiger partial charge in [0.2, 0.25) is 0 Å². The van der Waals surface area contributed by atoms with Gasteiger partial charge in [-0.15, -0.1) is 0 Å². The molecule has 0 unspecified atom stereocenters. The molecule has 1 fully saturated rings. The molecule has 7 heteroatoms. The Morgan fingerprint density at radius 1 is 1.42 bits per heavy atom. The Kier molecular flexibility index (Phi) is 5.46. The maximum absolute atomic E-state index is 12.6. The van der Waals surface area contributed by atoms with E-state index in [9.17, 15) is 9.90 Å². The van der Waals surface area contributed by atoms with Crippen LogP contribution in [0.25, 0.3) is 0 Å². The van der Waals surface area contributed by atoms with Crippen LogP contribution < -0.4 is 0 Å². The Bertz CT molecular complexity index is 743. The largest absolute Gasteiger partial charge is 0.390 e. The van der Waals surface area contributed by atoms with Crippen LogP contribution in [0.5, 0.6) is 0 Å². The van der Waals surface area contributed by atoms with Gasteiger partial charge in [-0.3, -0.25) is 9.89 Å². The number of amides is 1. The Morgan fingerprint density at radius 2 is 2.15 bits per heavy atom. The molecule has 1 amide bonds. The quantitative estimate of drug-likeness (QED) is 0.795. The van der Waals surface area contributed by atoms with Crippen molar-refractivity contribution in [1.82, 2.24) is 24.6 Å². The van der Waals surface area contributed by atoms with Crippen LogP contribution in [0.1, 0.15) is 73.9 Å². The summed E-state index contributed by atoms with van der Waals surface area (Å²) in [5, 5.41) is 17.6. The summed E-state index contributed by atoms with van der Waals surface area (Å²) in [7, 11) is 1.77. The Morgan fingerprint density at radius 3 is 2.85 bits per heavy atom. The highest BCUT2D eigenvalue weighted by molar-refractivity contribution is 5.92. The first-order chi connectivity index (χ1) is 12.4. The minimum Gasteiger partial charge on any atom is -0.390 e. The fourth-order valence-corrected chi connectivity index (χ4v) is 3.65. The van der Waals surface area contributed by atoms with E-state index in [0.717, 1.165) is 37.2 Å². The highest BCUT2D eigenvalue weighted by Gasteiger charge is 2.31. The lowest BCUT2D eigenvalue weighted by atomic mass is 9.98. The molecule has 0 aliphatic heterocycles.